The van der Waals surface area contributed by atoms with Gasteiger partial charge in [0.2, 0.25) is 11.9 Å². The number of amides is 1. The summed E-state index contributed by atoms with van der Waals surface area (Å²) in [6.07, 6.45) is 3.22. The van der Waals surface area contributed by atoms with Crippen LogP contribution in [0.25, 0.3) is 0 Å². The zero-order valence-electron chi connectivity index (χ0n) is 9.69. The molecule has 1 saturated heterocycles. The van der Waals surface area contributed by atoms with Gasteiger partial charge in [-0.05, 0) is 19.8 Å². The fraction of sp³-hybridized carbons (Fsp3) is 0.545. The van der Waals surface area contributed by atoms with Gasteiger partial charge in [0.25, 0.3) is 0 Å². The minimum absolute atomic E-state index is 0.0211. The Bertz CT molecular complexity index is 429. The summed E-state index contributed by atoms with van der Waals surface area (Å²) >= 11 is 5.96. The van der Waals surface area contributed by atoms with Crippen molar-refractivity contribution in [2.45, 2.75) is 19.8 Å². The number of aromatic nitrogens is 2. The Morgan fingerprint density at radius 3 is 2.71 bits per heavy atom. The molecule has 0 spiro atoms. The summed E-state index contributed by atoms with van der Waals surface area (Å²) in [5.41, 5.74) is 6.15. The van der Waals surface area contributed by atoms with Gasteiger partial charge < -0.3 is 10.6 Å². The minimum atomic E-state index is -0.215. The monoisotopic (exact) mass is 254 g/mol. The van der Waals surface area contributed by atoms with Crippen LogP contribution in [0.1, 0.15) is 18.4 Å². The van der Waals surface area contributed by atoms with Gasteiger partial charge in [0.1, 0.15) is 5.15 Å². The quantitative estimate of drug-likeness (QED) is 0.804. The molecule has 5 nitrogen and oxygen atoms in total. The van der Waals surface area contributed by atoms with Crippen molar-refractivity contribution in [3.63, 3.8) is 0 Å². The molecule has 92 valence electrons. The molecular weight excluding hydrogens is 240 g/mol. The van der Waals surface area contributed by atoms with Gasteiger partial charge >= 0.3 is 0 Å². The molecule has 1 amide bonds. The fourth-order valence-corrected chi connectivity index (χ4v) is 2.05. The molecule has 2 heterocycles. The lowest BCUT2D eigenvalue weighted by Crippen LogP contribution is -2.39. The lowest BCUT2D eigenvalue weighted by Gasteiger charge is -2.30. The van der Waals surface area contributed by atoms with E-state index in [-0.39, 0.29) is 11.8 Å². The molecule has 0 bridgehead atoms. The predicted octanol–water partition coefficient (Wildman–Crippen LogP) is 1.14. The largest absolute Gasteiger partial charge is 0.369 e. The average Bonchev–Trinajstić information content (AvgIpc) is 2.33. The topological polar surface area (TPSA) is 72.1 Å². The Morgan fingerprint density at radius 2 is 2.18 bits per heavy atom. The third-order valence-electron chi connectivity index (χ3n) is 3.08. The number of halogens is 1. The molecule has 0 unspecified atom stereocenters. The molecule has 1 aromatic rings. The number of hydrogen-bond donors (Lipinski definition) is 1. The van der Waals surface area contributed by atoms with Crippen LogP contribution in [-0.2, 0) is 4.79 Å². The summed E-state index contributed by atoms with van der Waals surface area (Å²) in [5.74, 6) is 0.392. The standard InChI is InChI=1S/C11H15ClN4O/c1-7-6-14-11(15-9(7)12)16-4-2-8(3-5-16)10(13)17/h6,8H,2-5H2,1H3,(H2,13,17). The maximum atomic E-state index is 11.0. The molecule has 0 saturated carbocycles. The lowest BCUT2D eigenvalue weighted by molar-refractivity contribution is -0.122. The van der Waals surface area contributed by atoms with Gasteiger partial charge in [0.15, 0.2) is 0 Å². The van der Waals surface area contributed by atoms with Crippen LogP contribution in [0.3, 0.4) is 0 Å². The smallest absolute Gasteiger partial charge is 0.226 e. The molecule has 0 aliphatic carbocycles. The summed E-state index contributed by atoms with van der Waals surface area (Å²) in [4.78, 5) is 21.6. The number of piperidine rings is 1. The molecule has 2 rings (SSSR count). The number of carbonyl (C=O) groups is 1. The summed E-state index contributed by atoms with van der Waals surface area (Å²) in [6.45, 7) is 3.35. The Hall–Kier alpha value is -1.36. The second kappa shape index (κ2) is 4.87. The van der Waals surface area contributed by atoms with Crippen LogP contribution in [0.2, 0.25) is 5.15 Å². The van der Waals surface area contributed by atoms with E-state index in [1.807, 2.05) is 11.8 Å². The number of carbonyl (C=O) groups excluding carboxylic acids is 1. The van der Waals surface area contributed by atoms with E-state index in [9.17, 15) is 4.79 Å². The first-order valence-electron chi connectivity index (χ1n) is 5.61. The van der Waals surface area contributed by atoms with Gasteiger partial charge in [-0.3, -0.25) is 4.79 Å². The Morgan fingerprint density at radius 1 is 1.53 bits per heavy atom. The van der Waals surface area contributed by atoms with Crippen LogP contribution in [0.5, 0.6) is 0 Å². The third kappa shape index (κ3) is 2.66. The molecule has 6 heteroatoms. The summed E-state index contributed by atoms with van der Waals surface area (Å²) in [5, 5.41) is 0.479. The van der Waals surface area contributed by atoms with Crippen LogP contribution in [0, 0.1) is 12.8 Å². The molecule has 17 heavy (non-hydrogen) atoms. The van der Waals surface area contributed by atoms with Gasteiger partial charge in [-0.25, -0.2) is 9.97 Å². The molecule has 1 fully saturated rings. The maximum absolute atomic E-state index is 11.0. The van der Waals surface area contributed by atoms with Crippen molar-refractivity contribution in [2.75, 3.05) is 18.0 Å². The van der Waals surface area contributed by atoms with Crippen molar-refractivity contribution in [1.29, 1.82) is 0 Å². The van der Waals surface area contributed by atoms with Crippen molar-refractivity contribution in [3.8, 4) is 0 Å². The fourth-order valence-electron chi connectivity index (χ4n) is 1.93. The van der Waals surface area contributed by atoms with Crippen molar-refractivity contribution < 1.29 is 4.79 Å². The first kappa shape index (κ1) is 12.1. The number of rotatable bonds is 2. The van der Waals surface area contributed by atoms with Crippen LogP contribution in [0.4, 0.5) is 5.95 Å². The predicted molar refractivity (Wildman–Crippen MR) is 65.9 cm³/mol. The molecule has 1 aromatic heterocycles. The highest BCUT2D eigenvalue weighted by Gasteiger charge is 2.24. The van der Waals surface area contributed by atoms with Crippen LogP contribution in [0.15, 0.2) is 6.20 Å². The first-order valence-corrected chi connectivity index (χ1v) is 5.99. The molecular formula is C11H15ClN4O. The number of nitrogens with two attached hydrogens (primary N) is 1. The third-order valence-corrected chi connectivity index (χ3v) is 3.46. The van der Waals surface area contributed by atoms with E-state index in [4.69, 9.17) is 17.3 Å². The SMILES string of the molecule is Cc1cnc(N2CCC(C(N)=O)CC2)nc1Cl. The van der Waals surface area contributed by atoms with E-state index < -0.39 is 0 Å². The number of nitrogens with zero attached hydrogens (tertiary/aromatic N) is 3. The molecule has 1 aliphatic rings. The van der Waals surface area contributed by atoms with E-state index in [0.717, 1.165) is 31.5 Å². The maximum Gasteiger partial charge on any atom is 0.226 e. The van der Waals surface area contributed by atoms with E-state index in [1.54, 1.807) is 6.20 Å². The lowest BCUT2D eigenvalue weighted by atomic mass is 9.96. The number of primary amides is 1. The van der Waals surface area contributed by atoms with Crippen molar-refractivity contribution in [3.05, 3.63) is 16.9 Å². The molecule has 0 aromatic carbocycles. The van der Waals surface area contributed by atoms with E-state index in [2.05, 4.69) is 9.97 Å². The van der Waals surface area contributed by atoms with Gasteiger partial charge in [-0.1, -0.05) is 11.6 Å². The Kier molecular flexibility index (Phi) is 3.47. The molecule has 2 N–H and O–H groups in total. The number of aryl methyl sites for hydroxylation is 1. The zero-order chi connectivity index (χ0) is 12.4. The molecule has 1 aliphatic heterocycles. The van der Waals surface area contributed by atoms with Crippen molar-refractivity contribution in [2.24, 2.45) is 11.7 Å². The highest BCUT2D eigenvalue weighted by Crippen LogP contribution is 2.22. The average molecular weight is 255 g/mol. The second-order valence-electron chi connectivity index (χ2n) is 4.31. The van der Waals surface area contributed by atoms with Gasteiger partial charge in [-0.15, -0.1) is 0 Å². The van der Waals surface area contributed by atoms with Gasteiger partial charge in [0, 0.05) is 30.8 Å². The van der Waals surface area contributed by atoms with Gasteiger partial charge in [-0.2, -0.15) is 0 Å². The highest BCUT2D eigenvalue weighted by molar-refractivity contribution is 6.30. The van der Waals surface area contributed by atoms with E-state index in [0.29, 0.717) is 11.1 Å². The van der Waals surface area contributed by atoms with Gasteiger partial charge in [0.05, 0.1) is 0 Å². The van der Waals surface area contributed by atoms with Crippen molar-refractivity contribution in [1.82, 2.24) is 9.97 Å². The minimum Gasteiger partial charge on any atom is -0.369 e. The van der Waals surface area contributed by atoms with Crippen LogP contribution >= 0.6 is 11.6 Å². The van der Waals surface area contributed by atoms with Crippen LogP contribution in [-0.4, -0.2) is 29.0 Å². The molecule has 0 atom stereocenters. The molecule has 0 radical (unpaired) electrons. The Balaban J connectivity index is 2.05. The van der Waals surface area contributed by atoms with E-state index in [1.165, 1.54) is 0 Å². The second-order valence-corrected chi connectivity index (χ2v) is 4.67. The Labute approximate surface area is 105 Å². The van der Waals surface area contributed by atoms with Crippen molar-refractivity contribution >= 4 is 23.5 Å². The highest BCUT2D eigenvalue weighted by atomic mass is 35.5. The first-order chi connectivity index (χ1) is 8.08. The summed E-state index contributed by atoms with van der Waals surface area (Å²) in [6, 6.07) is 0. The normalized spacial score (nSPS) is 17.2. The van der Waals surface area contributed by atoms with E-state index >= 15 is 0 Å². The van der Waals surface area contributed by atoms with Crippen LogP contribution < -0.4 is 10.6 Å². The zero-order valence-corrected chi connectivity index (χ0v) is 10.4. The number of anilines is 1. The number of hydrogen-bond acceptors (Lipinski definition) is 4. The summed E-state index contributed by atoms with van der Waals surface area (Å²) < 4.78 is 0. The summed E-state index contributed by atoms with van der Waals surface area (Å²) in [7, 11) is 0.